The van der Waals surface area contributed by atoms with Crippen LogP contribution in [-0.2, 0) is 15.0 Å². The van der Waals surface area contributed by atoms with E-state index in [1.807, 2.05) is 38.1 Å². The summed E-state index contributed by atoms with van der Waals surface area (Å²) in [6.45, 7) is 6.68. The first-order chi connectivity index (χ1) is 25.6. The van der Waals surface area contributed by atoms with Crippen molar-refractivity contribution in [3.8, 4) is 0 Å². The zero-order valence-corrected chi connectivity index (χ0v) is 31.1. The van der Waals surface area contributed by atoms with Crippen molar-refractivity contribution in [1.82, 2.24) is 20.5 Å². The van der Waals surface area contributed by atoms with Gasteiger partial charge in [-0.1, -0.05) is 99.7 Å². The van der Waals surface area contributed by atoms with E-state index in [-0.39, 0.29) is 36.7 Å². The third-order valence-corrected chi connectivity index (χ3v) is 8.84. The number of aromatic amines is 1. The van der Waals surface area contributed by atoms with Gasteiger partial charge < -0.3 is 20.5 Å². The number of para-hydroxylation sites is 1. The van der Waals surface area contributed by atoms with Gasteiger partial charge in [-0.15, -0.1) is 0 Å². The molecule has 1 aliphatic heterocycles. The second kappa shape index (κ2) is 20.7. The molecule has 1 aromatic heterocycles. The van der Waals surface area contributed by atoms with Crippen molar-refractivity contribution in [2.24, 2.45) is 0 Å². The van der Waals surface area contributed by atoms with Gasteiger partial charge in [-0.05, 0) is 74.8 Å². The fourth-order valence-corrected chi connectivity index (χ4v) is 6.23. The first-order valence-electron chi connectivity index (χ1n) is 18.5. The monoisotopic (exact) mass is 722 g/mol. The average molecular weight is 723 g/mol. The summed E-state index contributed by atoms with van der Waals surface area (Å²) in [5.74, 6) is -3.27. The minimum atomic E-state index is -1.13. The molecule has 0 radical (unpaired) electrons. The van der Waals surface area contributed by atoms with Crippen molar-refractivity contribution >= 4 is 34.2 Å². The second-order valence-electron chi connectivity index (χ2n) is 13.6. The molecule has 0 saturated heterocycles. The van der Waals surface area contributed by atoms with E-state index in [1.165, 1.54) is 17.2 Å². The first-order valence-corrected chi connectivity index (χ1v) is 18.5. The Labute approximate surface area is 312 Å². The Hall–Kier alpha value is -5.31. The van der Waals surface area contributed by atoms with Gasteiger partial charge in [0.25, 0.3) is 11.8 Å². The van der Waals surface area contributed by atoms with Gasteiger partial charge in [0, 0.05) is 54.1 Å². The highest BCUT2D eigenvalue weighted by atomic mass is 19.2. The number of allylic oxidation sites excluding steroid dienone is 10. The molecule has 0 fully saturated rings. The van der Waals surface area contributed by atoms with Gasteiger partial charge in [-0.25, -0.2) is 8.78 Å². The van der Waals surface area contributed by atoms with Crippen molar-refractivity contribution in [2.75, 3.05) is 19.6 Å². The summed E-state index contributed by atoms with van der Waals surface area (Å²) in [6.07, 6.45) is 29.7. The number of aromatic nitrogens is 1. The number of hydrogen-bond donors (Lipinski definition) is 3. The number of hydrogen-bond acceptors (Lipinski definition) is 3. The van der Waals surface area contributed by atoms with E-state index < -0.39 is 28.9 Å². The molecule has 0 atom stereocenters. The lowest BCUT2D eigenvalue weighted by Gasteiger charge is -2.29. The Kier molecular flexibility index (Phi) is 15.8. The van der Waals surface area contributed by atoms with Gasteiger partial charge in [-0.3, -0.25) is 14.4 Å². The predicted octanol–water partition coefficient (Wildman–Crippen LogP) is 9.37. The molecule has 2 heterocycles. The fraction of sp³-hybridized carbons (Fsp3) is 0.341. The van der Waals surface area contributed by atoms with Gasteiger partial charge in [0.15, 0.2) is 11.6 Å². The summed E-state index contributed by atoms with van der Waals surface area (Å²) in [7, 11) is 0. The molecular formula is C44H52F2N4O3. The molecule has 1 aliphatic rings. The highest BCUT2D eigenvalue weighted by molar-refractivity contribution is 6.21. The van der Waals surface area contributed by atoms with Gasteiger partial charge in [-0.2, -0.15) is 0 Å². The van der Waals surface area contributed by atoms with Gasteiger partial charge in [0.1, 0.15) is 0 Å². The standard InChI is InChI=1S/C44H52F2N4O3/c1-4-5-6-7-8-9-10-11-12-13-14-15-16-17-18-19-20-25-39(51)47-28-29-48-42(52)35-31-50(43(53)33-26-27-36(45)37(46)30-33)32-44(2,3)40-34-23-21-22-24-38(34)49-41(35)40/h5-6,8-9,11-12,14-15,17-18,21-24,26-27,30-31,49H,4,7,10,13,16,19-20,25,28-29,32H2,1-3H3,(H,47,51)(H,48,52). The number of benzene rings is 2. The normalized spacial score (nSPS) is 14.5. The number of halogens is 2. The number of H-pyrrole nitrogens is 1. The van der Waals surface area contributed by atoms with Crippen LogP contribution in [0.15, 0.2) is 109 Å². The summed E-state index contributed by atoms with van der Waals surface area (Å²) in [4.78, 5) is 44.5. The maximum atomic E-state index is 14.1. The number of fused-ring (bicyclic) bond motifs is 3. The molecule has 0 aliphatic carbocycles. The Morgan fingerprint density at radius 1 is 0.811 bits per heavy atom. The number of carbonyl (C=O) groups excluding carboxylic acids is 3. The van der Waals surface area contributed by atoms with Crippen LogP contribution in [0.2, 0.25) is 0 Å². The van der Waals surface area contributed by atoms with Crippen molar-refractivity contribution in [2.45, 2.75) is 77.6 Å². The molecule has 0 spiro atoms. The summed E-state index contributed by atoms with van der Waals surface area (Å²) in [5, 5.41) is 6.65. The van der Waals surface area contributed by atoms with E-state index in [0.29, 0.717) is 12.1 Å². The molecule has 0 unspecified atom stereocenters. The van der Waals surface area contributed by atoms with Crippen LogP contribution in [0.3, 0.4) is 0 Å². The Balaban J connectivity index is 1.24. The summed E-state index contributed by atoms with van der Waals surface area (Å²) < 4.78 is 27.7. The van der Waals surface area contributed by atoms with Gasteiger partial charge in [0.05, 0.1) is 11.3 Å². The predicted molar refractivity (Wildman–Crippen MR) is 211 cm³/mol. The van der Waals surface area contributed by atoms with Crippen LogP contribution in [0.25, 0.3) is 16.5 Å². The first kappa shape index (κ1) is 40.5. The van der Waals surface area contributed by atoms with Crippen molar-refractivity contribution in [3.63, 3.8) is 0 Å². The third-order valence-electron chi connectivity index (χ3n) is 8.84. The summed E-state index contributed by atoms with van der Waals surface area (Å²) >= 11 is 0. The topological polar surface area (TPSA) is 94.3 Å². The lowest BCUT2D eigenvalue weighted by molar-refractivity contribution is -0.121. The summed E-state index contributed by atoms with van der Waals surface area (Å²) in [6, 6.07) is 10.7. The highest BCUT2D eigenvalue weighted by Gasteiger charge is 2.37. The molecule has 3 amide bonds. The molecule has 280 valence electrons. The lowest BCUT2D eigenvalue weighted by atomic mass is 9.81. The summed E-state index contributed by atoms with van der Waals surface area (Å²) in [5.41, 5.74) is 1.87. The van der Waals surface area contributed by atoms with E-state index >= 15 is 0 Å². The highest BCUT2D eigenvalue weighted by Crippen LogP contribution is 2.40. The van der Waals surface area contributed by atoms with E-state index in [9.17, 15) is 23.2 Å². The second-order valence-corrected chi connectivity index (χ2v) is 13.6. The van der Waals surface area contributed by atoms with Crippen molar-refractivity contribution in [1.29, 1.82) is 0 Å². The molecule has 3 aromatic rings. The van der Waals surface area contributed by atoms with Crippen LogP contribution in [0.4, 0.5) is 8.78 Å². The third kappa shape index (κ3) is 12.1. The molecule has 3 N–H and O–H groups in total. The average Bonchev–Trinajstić information content (AvgIpc) is 3.49. The Morgan fingerprint density at radius 2 is 1.43 bits per heavy atom. The van der Waals surface area contributed by atoms with Crippen LogP contribution < -0.4 is 10.6 Å². The fourth-order valence-electron chi connectivity index (χ4n) is 6.23. The number of unbranched alkanes of at least 4 members (excludes halogenated alkanes) is 1. The van der Waals surface area contributed by atoms with Crippen molar-refractivity contribution in [3.05, 3.63) is 138 Å². The molecule has 4 rings (SSSR count). The molecule has 9 heteroatoms. The molecule has 0 saturated carbocycles. The van der Waals surface area contributed by atoms with Crippen LogP contribution in [0.5, 0.6) is 0 Å². The van der Waals surface area contributed by atoms with E-state index in [1.54, 1.807) is 0 Å². The van der Waals surface area contributed by atoms with E-state index in [2.05, 4.69) is 83.3 Å². The minimum Gasteiger partial charge on any atom is -0.354 e. The minimum absolute atomic E-state index is 0.0322. The van der Waals surface area contributed by atoms with Gasteiger partial charge >= 0.3 is 0 Å². The number of carbonyl (C=O) groups is 3. The van der Waals surface area contributed by atoms with Crippen LogP contribution in [0.1, 0.15) is 93.8 Å². The largest absolute Gasteiger partial charge is 0.354 e. The van der Waals surface area contributed by atoms with E-state index in [0.717, 1.165) is 73.5 Å². The Morgan fingerprint density at radius 3 is 2.09 bits per heavy atom. The maximum absolute atomic E-state index is 14.1. The zero-order chi connectivity index (χ0) is 38.1. The van der Waals surface area contributed by atoms with Crippen molar-refractivity contribution < 1.29 is 23.2 Å². The quantitative estimate of drug-likeness (QED) is 0.0903. The maximum Gasteiger partial charge on any atom is 0.257 e. The zero-order valence-electron chi connectivity index (χ0n) is 31.1. The van der Waals surface area contributed by atoms with Crippen LogP contribution in [0, 0.1) is 11.6 Å². The van der Waals surface area contributed by atoms with Gasteiger partial charge in [0.2, 0.25) is 5.91 Å². The lowest BCUT2D eigenvalue weighted by Crippen LogP contribution is -2.37. The molecule has 53 heavy (non-hydrogen) atoms. The number of amides is 3. The smallest absolute Gasteiger partial charge is 0.257 e. The Bertz CT molecular complexity index is 1900. The number of nitrogens with zero attached hydrogens (tertiary/aromatic N) is 1. The number of rotatable bonds is 18. The molecule has 7 nitrogen and oxygen atoms in total. The van der Waals surface area contributed by atoms with Crippen LogP contribution >= 0.6 is 0 Å². The van der Waals surface area contributed by atoms with Crippen LogP contribution in [-0.4, -0.2) is 47.2 Å². The SMILES string of the molecule is CCC=CCC=CCC=CCC=CCC=CCCCC(=O)NCCNC(=O)C1=CN(C(=O)c2ccc(F)c(F)c2)CC(C)(C)c2c1[nH]c1ccccc21. The number of nitrogens with one attached hydrogen (secondary N) is 3. The molecular weight excluding hydrogens is 671 g/mol. The molecule has 0 bridgehead atoms. The van der Waals surface area contributed by atoms with E-state index in [4.69, 9.17) is 0 Å². The molecule has 2 aromatic carbocycles.